The number of hydrogen-bond acceptors (Lipinski definition) is 6. The summed E-state index contributed by atoms with van der Waals surface area (Å²) in [6, 6.07) is 13.4. The summed E-state index contributed by atoms with van der Waals surface area (Å²) in [5.41, 5.74) is 0.634. The summed E-state index contributed by atoms with van der Waals surface area (Å²) < 4.78 is 32.7. The molecule has 3 N–H and O–H groups in total. The number of aliphatic hydroxyl groups is 1. The molecule has 2 heterocycles. The highest BCUT2D eigenvalue weighted by molar-refractivity contribution is 5.94. The van der Waals surface area contributed by atoms with Gasteiger partial charge in [-0.25, -0.2) is 8.78 Å². The molecule has 2 aromatic carbocycles. The Morgan fingerprint density at radius 3 is 2.58 bits per heavy atom. The SMILES string of the molecule is O=C(N[C@@H]1CCN(C2CCCCC2)C[C@H]1C(=O)NC[C@H](O)c1ccccc1)c1cc(-c2ccc(F)cc2F)on1. The zero-order chi connectivity index (χ0) is 28.1. The lowest BCUT2D eigenvalue weighted by Gasteiger charge is -2.43. The monoisotopic (exact) mass is 552 g/mol. The molecule has 3 aromatic rings. The highest BCUT2D eigenvalue weighted by Gasteiger charge is 2.38. The van der Waals surface area contributed by atoms with E-state index in [4.69, 9.17) is 4.52 Å². The van der Waals surface area contributed by atoms with Crippen LogP contribution in [-0.2, 0) is 4.79 Å². The summed E-state index contributed by atoms with van der Waals surface area (Å²) in [6.07, 6.45) is 5.48. The number of hydrogen-bond donors (Lipinski definition) is 3. The molecule has 3 atom stereocenters. The largest absolute Gasteiger partial charge is 0.387 e. The number of aromatic nitrogens is 1. The maximum absolute atomic E-state index is 14.2. The van der Waals surface area contributed by atoms with Gasteiger partial charge in [-0.3, -0.25) is 14.5 Å². The maximum Gasteiger partial charge on any atom is 0.273 e. The average molecular weight is 553 g/mol. The van der Waals surface area contributed by atoms with Gasteiger partial charge in [0.05, 0.1) is 17.6 Å². The van der Waals surface area contributed by atoms with E-state index in [0.29, 0.717) is 24.6 Å². The van der Waals surface area contributed by atoms with Gasteiger partial charge in [-0.05, 0) is 37.0 Å². The van der Waals surface area contributed by atoms with Crippen LogP contribution in [0.4, 0.5) is 8.78 Å². The van der Waals surface area contributed by atoms with Gasteiger partial charge in [0, 0.05) is 43.9 Å². The van der Waals surface area contributed by atoms with Crippen LogP contribution in [0.2, 0.25) is 0 Å². The third-order valence-corrected chi connectivity index (χ3v) is 7.98. The van der Waals surface area contributed by atoms with Crippen LogP contribution in [0.15, 0.2) is 59.1 Å². The molecule has 1 saturated heterocycles. The van der Waals surface area contributed by atoms with E-state index in [-0.39, 0.29) is 29.5 Å². The van der Waals surface area contributed by atoms with Gasteiger partial charge in [-0.15, -0.1) is 0 Å². The molecule has 1 saturated carbocycles. The van der Waals surface area contributed by atoms with E-state index in [2.05, 4.69) is 20.7 Å². The highest BCUT2D eigenvalue weighted by atomic mass is 19.1. The summed E-state index contributed by atoms with van der Waals surface area (Å²) in [4.78, 5) is 28.9. The predicted molar refractivity (Wildman–Crippen MR) is 144 cm³/mol. The third kappa shape index (κ3) is 6.56. The lowest BCUT2D eigenvalue weighted by Crippen LogP contribution is -2.58. The van der Waals surface area contributed by atoms with Crippen molar-refractivity contribution in [2.75, 3.05) is 19.6 Å². The van der Waals surface area contributed by atoms with Gasteiger partial charge in [0.15, 0.2) is 11.5 Å². The lowest BCUT2D eigenvalue weighted by atomic mass is 9.87. The molecule has 2 amide bonds. The van der Waals surface area contributed by atoms with Crippen molar-refractivity contribution in [1.82, 2.24) is 20.7 Å². The van der Waals surface area contributed by atoms with Crippen LogP contribution in [0, 0.1) is 17.6 Å². The molecule has 10 heteroatoms. The fraction of sp³-hybridized carbons (Fsp3) is 0.433. The number of piperidine rings is 1. The molecule has 1 aliphatic heterocycles. The molecule has 40 heavy (non-hydrogen) atoms. The number of nitrogens with one attached hydrogen (secondary N) is 2. The van der Waals surface area contributed by atoms with Crippen LogP contribution in [0.25, 0.3) is 11.3 Å². The number of benzene rings is 2. The van der Waals surface area contributed by atoms with E-state index in [0.717, 1.165) is 31.5 Å². The van der Waals surface area contributed by atoms with Crippen molar-refractivity contribution in [3.8, 4) is 11.3 Å². The van der Waals surface area contributed by atoms with Crippen molar-refractivity contribution < 1.29 is 28.0 Å². The third-order valence-electron chi connectivity index (χ3n) is 7.98. The van der Waals surface area contributed by atoms with Crippen LogP contribution in [0.3, 0.4) is 0 Å². The molecule has 2 fully saturated rings. The van der Waals surface area contributed by atoms with Crippen molar-refractivity contribution in [3.05, 3.63) is 77.5 Å². The fourth-order valence-corrected chi connectivity index (χ4v) is 5.76. The van der Waals surface area contributed by atoms with Gasteiger partial charge in [-0.2, -0.15) is 0 Å². The topological polar surface area (TPSA) is 108 Å². The molecular formula is C30H34F2N4O4. The van der Waals surface area contributed by atoms with E-state index in [1.165, 1.54) is 31.4 Å². The van der Waals surface area contributed by atoms with Gasteiger partial charge in [0.25, 0.3) is 5.91 Å². The number of amides is 2. The molecule has 212 valence electrons. The van der Waals surface area contributed by atoms with Gasteiger partial charge in [0.2, 0.25) is 5.91 Å². The molecule has 5 rings (SSSR count). The number of carbonyl (C=O) groups excluding carboxylic acids is 2. The van der Waals surface area contributed by atoms with Crippen molar-refractivity contribution in [2.45, 2.75) is 56.7 Å². The molecule has 0 unspecified atom stereocenters. The molecule has 1 aliphatic carbocycles. The van der Waals surface area contributed by atoms with Gasteiger partial charge < -0.3 is 20.3 Å². The molecule has 1 aromatic heterocycles. The van der Waals surface area contributed by atoms with Gasteiger partial charge >= 0.3 is 0 Å². The Kier molecular flexibility index (Phi) is 8.86. The van der Waals surface area contributed by atoms with Crippen LogP contribution >= 0.6 is 0 Å². The highest BCUT2D eigenvalue weighted by Crippen LogP contribution is 2.29. The number of likely N-dealkylation sites (tertiary alicyclic amines) is 1. The molecular weight excluding hydrogens is 518 g/mol. The minimum absolute atomic E-state index is 0.000963. The Morgan fingerprint density at radius 2 is 1.82 bits per heavy atom. The second-order valence-corrected chi connectivity index (χ2v) is 10.6. The number of rotatable bonds is 8. The van der Waals surface area contributed by atoms with Crippen LogP contribution in [0.1, 0.15) is 60.7 Å². The smallest absolute Gasteiger partial charge is 0.273 e. The van der Waals surface area contributed by atoms with Gasteiger partial charge in [-0.1, -0.05) is 54.8 Å². The van der Waals surface area contributed by atoms with Crippen LogP contribution in [0.5, 0.6) is 0 Å². The van der Waals surface area contributed by atoms with Crippen molar-refractivity contribution >= 4 is 11.8 Å². The predicted octanol–water partition coefficient (Wildman–Crippen LogP) is 4.22. The quantitative estimate of drug-likeness (QED) is 0.386. The molecule has 0 bridgehead atoms. The minimum Gasteiger partial charge on any atom is -0.387 e. The standard InChI is InChI=1S/C30H34F2N4O4/c31-20-11-12-22(24(32)15-20)28-16-26(35-40-28)30(39)34-25-13-14-36(21-9-5-2-6-10-21)18-23(25)29(38)33-17-27(37)19-7-3-1-4-8-19/h1,3-4,7-8,11-12,15-16,21,23,25,27,37H,2,5-6,9-10,13-14,17-18H2,(H,33,38)(H,34,39)/t23-,25-,27+/m1/s1. The molecule has 0 spiro atoms. The second kappa shape index (κ2) is 12.7. The number of aliphatic hydroxyl groups excluding tert-OH is 1. The summed E-state index contributed by atoms with van der Waals surface area (Å²) >= 11 is 0. The van der Waals surface area contributed by atoms with Crippen LogP contribution < -0.4 is 10.6 Å². The summed E-state index contributed by atoms with van der Waals surface area (Å²) in [5.74, 6) is -2.88. The summed E-state index contributed by atoms with van der Waals surface area (Å²) in [7, 11) is 0. The normalized spacial score (nSPS) is 21.1. The Labute approximate surface area is 231 Å². The van der Waals surface area contributed by atoms with Crippen molar-refractivity contribution in [2.24, 2.45) is 5.92 Å². The average Bonchev–Trinajstić information content (AvgIpc) is 3.47. The van der Waals surface area contributed by atoms with Gasteiger partial charge in [0.1, 0.15) is 11.6 Å². The Hall–Kier alpha value is -3.63. The summed E-state index contributed by atoms with van der Waals surface area (Å²) in [5, 5.41) is 20.1. The second-order valence-electron chi connectivity index (χ2n) is 10.6. The first-order valence-corrected chi connectivity index (χ1v) is 13.9. The molecule has 8 nitrogen and oxygen atoms in total. The fourth-order valence-electron chi connectivity index (χ4n) is 5.76. The molecule has 0 radical (unpaired) electrons. The van der Waals surface area contributed by atoms with Crippen molar-refractivity contribution in [3.63, 3.8) is 0 Å². The van der Waals surface area contributed by atoms with E-state index < -0.39 is 35.6 Å². The number of halogens is 2. The first kappa shape index (κ1) is 27.9. The molecule has 2 aliphatic rings. The van der Waals surface area contributed by atoms with E-state index >= 15 is 0 Å². The first-order chi connectivity index (χ1) is 19.4. The Balaban J connectivity index is 1.28. The maximum atomic E-state index is 14.2. The first-order valence-electron chi connectivity index (χ1n) is 13.9. The van der Waals surface area contributed by atoms with Crippen LogP contribution in [-0.4, -0.2) is 58.7 Å². The number of carbonyl (C=O) groups is 2. The zero-order valence-corrected chi connectivity index (χ0v) is 22.2. The minimum atomic E-state index is -0.850. The van der Waals surface area contributed by atoms with E-state index in [9.17, 15) is 23.5 Å². The van der Waals surface area contributed by atoms with Crippen molar-refractivity contribution in [1.29, 1.82) is 0 Å². The summed E-state index contributed by atoms with van der Waals surface area (Å²) in [6.45, 7) is 1.30. The lowest BCUT2D eigenvalue weighted by molar-refractivity contribution is -0.128. The van der Waals surface area contributed by atoms with E-state index in [1.54, 1.807) is 12.1 Å². The Bertz CT molecular complexity index is 1310. The zero-order valence-electron chi connectivity index (χ0n) is 22.2. The van der Waals surface area contributed by atoms with E-state index in [1.807, 2.05) is 18.2 Å². The number of nitrogens with zero attached hydrogens (tertiary/aromatic N) is 2. The Morgan fingerprint density at radius 1 is 1.05 bits per heavy atom.